The van der Waals surface area contributed by atoms with E-state index in [0.29, 0.717) is 16.1 Å². The maximum absolute atomic E-state index is 13.4. The molecule has 0 aliphatic heterocycles. The number of benzene rings is 2. The second kappa shape index (κ2) is 9.02. The van der Waals surface area contributed by atoms with Crippen molar-refractivity contribution in [3.05, 3.63) is 75.4 Å². The first-order chi connectivity index (χ1) is 16.9. The van der Waals surface area contributed by atoms with Gasteiger partial charge >= 0.3 is 17.9 Å². The van der Waals surface area contributed by atoms with E-state index in [1.54, 1.807) is 12.1 Å². The number of oxazole rings is 1. The number of hydrogen-bond acceptors (Lipinski definition) is 6. The number of aryl methyl sites for hydroxylation is 1. The molecule has 1 N–H and O–H groups in total. The zero-order chi connectivity index (χ0) is 26.4. The first kappa shape index (κ1) is 24.8. The number of imide groups is 1. The van der Waals surface area contributed by atoms with Gasteiger partial charge in [0, 0.05) is 32.0 Å². The topological polar surface area (TPSA) is 113 Å². The zero-order valence-corrected chi connectivity index (χ0v) is 19.1. The van der Waals surface area contributed by atoms with Gasteiger partial charge in [-0.05, 0) is 42.2 Å². The van der Waals surface area contributed by atoms with Crippen LogP contribution in [0.5, 0.6) is 0 Å². The van der Waals surface area contributed by atoms with Gasteiger partial charge in [-0.3, -0.25) is 19.1 Å². The number of carboxylic acids is 1. The quantitative estimate of drug-likeness (QED) is 0.238. The summed E-state index contributed by atoms with van der Waals surface area (Å²) in [5.74, 6) is -3.39. The maximum atomic E-state index is 13.4. The smallest absolute Gasteiger partial charge is 0.419 e. The van der Waals surface area contributed by atoms with Gasteiger partial charge in [-0.1, -0.05) is 12.1 Å². The summed E-state index contributed by atoms with van der Waals surface area (Å²) in [6.45, 7) is 0. The number of halogens is 3. The van der Waals surface area contributed by atoms with Crippen molar-refractivity contribution in [3.63, 3.8) is 0 Å². The lowest BCUT2D eigenvalue weighted by Gasteiger charge is -2.25. The van der Waals surface area contributed by atoms with Gasteiger partial charge in [-0.15, -0.1) is 0 Å². The van der Waals surface area contributed by atoms with Crippen molar-refractivity contribution in [2.75, 3.05) is 11.9 Å². The molecule has 0 saturated carbocycles. The highest BCUT2D eigenvalue weighted by Crippen LogP contribution is 2.42. The Bertz CT molecular complexity index is 1470. The molecule has 188 valence electrons. The molecule has 2 amide bonds. The molecule has 1 unspecified atom stereocenters. The fourth-order valence-corrected chi connectivity index (χ4v) is 4.40. The van der Waals surface area contributed by atoms with Crippen LogP contribution >= 0.6 is 0 Å². The number of carbonyl (C=O) groups is 3. The van der Waals surface area contributed by atoms with Crippen molar-refractivity contribution in [1.29, 1.82) is 0 Å². The van der Waals surface area contributed by atoms with Crippen LogP contribution in [0.1, 0.15) is 29.2 Å². The molecule has 4 rings (SSSR count). The van der Waals surface area contributed by atoms with Crippen LogP contribution in [0.2, 0.25) is 0 Å². The lowest BCUT2D eigenvalue weighted by molar-refractivity contribution is -0.142. The summed E-state index contributed by atoms with van der Waals surface area (Å²) in [7, 11) is 2.97. The van der Waals surface area contributed by atoms with Crippen molar-refractivity contribution < 1.29 is 37.1 Å². The van der Waals surface area contributed by atoms with Gasteiger partial charge in [0.2, 0.25) is 6.41 Å². The first-order valence-electron chi connectivity index (χ1n) is 10.7. The Hall–Kier alpha value is -4.35. The standard InChI is InChI=1S/C24H20F3N3O6/c1-28(13-6-8-19-20(10-13)36-23(35)29(19)2)11-16(22(33)34)21(32)30(12-31)18-9-7-14-15(18)4-3-5-17(14)24(25,26)27/h3-6,8,10-12,18H,7,9H2,1-2H3,(H,33,34)/b16-11+. The van der Waals surface area contributed by atoms with E-state index in [1.807, 2.05) is 0 Å². The fraction of sp³-hybridized carbons (Fsp3) is 0.250. The van der Waals surface area contributed by atoms with Crippen LogP contribution in [-0.2, 0) is 34.0 Å². The highest BCUT2D eigenvalue weighted by atomic mass is 19.4. The lowest BCUT2D eigenvalue weighted by Crippen LogP contribution is -2.36. The number of amides is 2. The molecular weight excluding hydrogens is 483 g/mol. The molecule has 0 radical (unpaired) electrons. The Morgan fingerprint density at radius 3 is 2.58 bits per heavy atom. The van der Waals surface area contributed by atoms with E-state index in [0.717, 1.165) is 12.3 Å². The first-order valence-corrected chi connectivity index (χ1v) is 10.7. The number of fused-ring (bicyclic) bond motifs is 2. The molecule has 9 nitrogen and oxygen atoms in total. The number of carbonyl (C=O) groups excluding carboxylic acids is 2. The maximum Gasteiger partial charge on any atom is 0.419 e. The number of alkyl halides is 3. The van der Waals surface area contributed by atoms with E-state index in [2.05, 4.69) is 0 Å². The van der Waals surface area contributed by atoms with Crippen molar-refractivity contribution in [3.8, 4) is 0 Å². The third kappa shape index (κ3) is 4.25. The molecule has 1 aliphatic carbocycles. The molecule has 36 heavy (non-hydrogen) atoms. The molecule has 1 atom stereocenters. The van der Waals surface area contributed by atoms with Gasteiger partial charge in [-0.2, -0.15) is 13.2 Å². The summed E-state index contributed by atoms with van der Waals surface area (Å²) in [6.07, 6.45) is -3.49. The Balaban J connectivity index is 1.68. The molecule has 2 aromatic carbocycles. The molecule has 0 saturated heterocycles. The van der Waals surface area contributed by atoms with Gasteiger partial charge in [0.15, 0.2) is 5.58 Å². The monoisotopic (exact) mass is 503 g/mol. The Labute approximate surface area is 201 Å². The molecular formula is C24H20F3N3O6. The Morgan fingerprint density at radius 1 is 1.22 bits per heavy atom. The second-order valence-corrected chi connectivity index (χ2v) is 8.28. The minimum Gasteiger partial charge on any atom is -0.477 e. The number of aliphatic carboxylic acids is 1. The second-order valence-electron chi connectivity index (χ2n) is 8.28. The van der Waals surface area contributed by atoms with Crippen LogP contribution in [0.25, 0.3) is 11.1 Å². The summed E-state index contributed by atoms with van der Waals surface area (Å²) in [4.78, 5) is 50.6. The van der Waals surface area contributed by atoms with E-state index in [1.165, 1.54) is 41.8 Å². The Morgan fingerprint density at radius 2 is 1.94 bits per heavy atom. The molecule has 0 fully saturated rings. The van der Waals surface area contributed by atoms with E-state index in [9.17, 15) is 37.5 Å². The van der Waals surface area contributed by atoms with E-state index in [-0.39, 0.29) is 36.0 Å². The SMILES string of the molecule is CN(/C=C(/C(=O)O)C(=O)N(C=O)C1CCc2c1cccc2C(F)(F)F)c1ccc2c(c1)oc(=O)n2C. The molecule has 0 spiro atoms. The van der Waals surface area contributed by atoms with Crippen LogP contribution in [0.3, 0.4) is 0 Å². The van der Waals surface area contributed by atoms with Crippen molar-refractivity contribution in [2.24, 2.45) is 7.05 Å². The number of rotatable bonds is 6. The van der Waals surface area contributed by atoms with Crippen molar-refractivity contribution in [1.82, 2.24) is 9.47 Å². The number of nitrogens with zero attached hydrogens (tertiary/aromatic N) is 3. The predicted octanol–water partition coefficient (Wildman–Crippen LogP) is 3.23. The normalized spacial score (nSPS) is 15.6. The minimum atomic E-state index is -4.61. The summed E-state index contributed by atoms with van der Waals surface area (Å²) in [6, 6.07) is 7.08. The minimum absolute atomic E-state index is 0.0229. The average Bonchev–Trinajstić information content (AvgIpc) is 3.37. The molecule has 1 heterocycles. The van der Waals surface area contributed by atoms with Crippen LogP contribution in [0.4, 0.5) is 18.9 Å². The molecule has 12 heteroatoms. The molecule has 1 aromatic heterocycles. The lowest BCUT2D eigenvalue weighted by atomic mass is 10.0. The predicted molar refractivity (Wildman–Crippen MR) is 121 cm³/mol. The third-order valence-electron chi connectivity index (χ3n) is 6.19. The molecule has 3 aromatic rings. The van der Waals surface area contributed by atoms with Crippen molar-refractivity contribution >= 4 is 35.1 Å². The molecule has 0 bridgehead atoms. The fourth-order valence-electron chi connectivity index (χ4n) is 4.40. The van der Waals surface area contributed by atoms with Crippen LogP contribution < -0.4 is 10.7 Å². The number of anilines is 1. The Kier molecular flexibility index (Phi) is 6.21. The van der Waals surface area contributed by atoms with Crippen LogP contribution in [-0.4, -0.2) is 39.9 Å². The van der Waals surface area contributed by atoms with Gasteiger partial charge in [0.25, 0.3) is 5.91 Å². The van der Waals surface area contributed by atoms with E-state index < -0.39 is 41.0 Å². The molecule has 1 aliphatic rings. The van der Waals surface area contributed by atoms with E-state index in [4.69, 9.17) is 4.42 Å². The zero-order valence-electron chi connectivity index (χ0n) is 19.1. The van der Waals surface area contributed by atoms with E-state index >= 15 is 0 Å². The van der Waals surface area contributed by atoms with Gasteiger partial charge in [0.1, 0.15) is 5.57 Å². The average molecular weight is 503 g/mol. The summed E-state index contributed by atoms with van der Waals surface area (Å²) in [5.41, 5.74) is -0.390. The number of hydrogen-bond donors (Lipinski definition) is 1. The van der Waals surface area contributed by atoms with Crippen molar-refractivity contribution in [2.45, 2.75) is 25.1 Å². The third-order valence-corrected chi connectivity index (χ3v) is 6.19. The van der Waals surface area contributed by atoms with Gasteiger partial charge in [-0.25, -0.2) is 9.59 Å². The number of carboxylic acid groups (broad SMARTS) is 1. The van der Waals surface area contributed by atoms with Crippen LogP contribution in [0, 0.1) is 0 Å². The van der Waals surface area contributed by atoms with Crippen LogP contribution in [0.15, 0.2) is 57.4 Å². The summed E-state index contributed by atoms with van der Waals surface area (Å²) in [5, 5.41) is 9.71. The highest BCUT2D eigenvalue weighted by molar-refractivity contribution is 6.18. The summed E-state index contributed by atoms with van der Waals surface area (Å²) < 4.78 is 46.6. The van der Waals surface area contributed by atoms with Gasteiger partial charge < -0.3 is 14.4 Å². The largest absolute Gasteiger partial charge is 0.477 e. The number of aromatic nitrogens is 1. The summed E-state index contributed by atoms with van der Waals surface area (Å²) >= 11 is 0. The van der Waals surface area contributed by atoms with Gasteiger partial charge in [0.05, 0.1) is 17.1 Å². The highest BCUT2D eigenvalue weighted by Gasteiger charge is 2.40.